The van der Waals surface area contributed by atoms with E-state index in [9.17, 15) is 20.4 Å². The van der Waals surface area contributed by atoms with E-state index < -0.39 is 37.3 Å². The average molecular weight is 480 g/mol. The molecule has 2 aromatic carbocycles. The van der Waals surface area contributed by atoms with Crippen molar-refractivity contribution in [3.8, 4) is 5.75 Å². The van der Waals surface area contributed by atoms with Gasteiger partial charge in [0.05, 0.1) is 23.3 Å². The molecule has 0 spiro atoms. The zero-order chi connectivity index (χ0) is 23.0. The maximum Gasteiger partial charge on any atom is 0.163 e. The number of aliphatic hydroxyl groups is 4. The lowest BCUT2D eigenvalue weighted by Gasteiger charge is -2.40. The van der Waals surface area contributed by atoms with E-state index in [4.69, 9.17) is 21.1 Å². The number of hydrogen-bond acceptors (Lipinski definition) is 7. The first-order chi connectivity index (χ1) is 15.3. The van der Waals surface area contributed by atoms with E-state index in [1.165, 1.54) is 11.8 Å². The summed E-state index contributed by atoms with van der Waals surface area (Å²) < 4.78 is 13.1. The van der Waals surface area contributed by atoms with Crippen LogP contribution in [0.2, 0.25) is 5.02 Å². The van der Waals surface area contributed by atoms with Crippen LogP contribution in [0, 0.1) is 0 Å². The third kappa shape index (κ3) is 4.49. The van der Waals surface area contributed by atoms with Crippen molar-refractivity contribution in [3.63, 3.8) is 0 Å². The highest BCUT2D eigenvalue weighted by Gasteiger charge is 2.44. The van der Waals surface area contributed by atoms with Gasteiger partial charge >= 0.3 is 0 Å². The fourth-order valence-corrected chi connectivity index (χ4v) is 5.06. The Morgan fingerprint density at radius 1 is 1.06 bits per heavy atom. The molecular weight excluding hydrogens is 454 g/mol. The topological polar surface area (TPSA) is 104 Å². The predicted molar refractivity (Wildman–Crippen MR) is 122 cm³/mol. The van der Waals surface area contributed by atoms with Crippen LogP contribution in [0.15, 0.2) is 58.5 Å². The van der Waals surface area contributed by atoms with E-state index in [0.29, 0.717) is 10.5 Å². The van der Waals surface area contributed by atoms with Gasteiger partial charge in [-0.3, -0.25) is 0 Å². The number of benzene rings is 2. The number of aliphatic hydroxyl groups excluding tert-OH is 4. The molecule has 1 saturated heterocycles. The number of aromatic nitrogens is 1. The van der Waals surface area contributed by atoms with Gasteiger partial charge in [-0.15, -0.1) is 0 Å². The van der Waals surface area contributed by atoms with Gasteiger partial charge in [0.15, 0.2) is 6.23 Å². The molecule has 1 aromatic heterocycles. The van der Waals surface area contributed by atoms with E-state index in [1.807, 2.05) is 50.2 Å². The van der Waals surface area contributed by atoms with Crippen molar-refractivity contribution in [2.45, 2.75) is 60.4 Å². The lowest BCUT2D eigenvalue weighted by molar-refractivity contribution is -0.250. The van der Waals surface area contributed by atoms with Crippen molar-refractivity contribution in [2.75, 3.05) is 6.61 Å². The van der Waals surface area contributed by atoms with E-state index in [-0.39, 0.29) is 6.10 Å². The van der Waals surface area contributed by atoms with Gasteiger partial charge in [-0.05, 0) is 44.2 Å². The van der Waals surface area contributed by atoms with E-state index in [1.54, 1.807) is 16.8 Å². The Hall–Kier alpha value is -1.78. The molecule has 1 aliphatic heterocycles. The molecule has 5 atom stereocenters. The zero-order valence-electron chi connectivity index (χ0n) is 17.6. The SMILES string of the molecule is CC(C)Oc1ccc(Sc2cn([C@@H]3O[C@H](CO)[C@@H](O)[C@H](O)[C@H]3O)c3c(Cl)cccc23)cc1. The van der Waals surface area contributed by atoms with E-state index in [2.05, 4.69) is 0 Å². The maximum atomic E-state index is 10.6. The molecule has 32 heavy (non-hydrogen) atoms. The predicted octanol–water partition coefficient (Wildman–Crippen LogP) is 3.21. The largest absolute Gasteiger partial charge is 0.491 e. The normalized spacial score (nSPS) is 26.1. The first-order valence-electron chi connectivity index (χ1n) is 10.3. The van der Waals surface area contributed by atoms with Gasteiger partial charge in [0, 0.05) is 21.4 Å². The summed E-state index contributed by atoms with van der Waals surface area (Å²) in [4.78, 5) is 1.85. The average Bonchev–Trinajstić information content (AvgIpc) is 3.13. The lowest BCUT2D eigenvalue weighted by Crippen LogP contribution is -2.56. The molecule has 7 nitrogen and oxygen atoms in total. The van der Waals surface area contributed by atoms with Gasteiger partial charge < -0.3 is 34.5 Å². The van der Waals surface area contributed by atoms with E-state index >= 15 is 0 Å². The van der Waals surface area contributed by atoms with Crippen LogP contribution in [0.5, 0.6) is 5.75 Å². The Morgan fingerprint density at radius 2 is 1.78 bits per heavy atom. The molecule has 1 aliphatic rings. The molecule has 1 fully saturated rings. The Balaban J connectivity index is 1.71. The summed E-state index contributed by atoms with van der Waals surface area (Å²) >= 11 is 8.02. The Kier molecular flexibility index (Phi) is 7.02. The zero-order valence-corrected chi connectivity index (χ0v) is 19.2. The van der Waals surface area contributed by atoms with Gasteiger partial charge in [-0.25, -0.2) is 0 Å². The molecule has 0 unspecified atom stereocenters. The van der Waals surface area contributed by atoms with Gasteiger partial charge in [-0.1, -0.05) is 35.5 Å². The molecule has 0 bridgehead atoms. The number of rotatable bonds is 6. The minimum absolute atomic E-state index is 0.0900. The van der Waals surface area contributed by atoms with Crippen LogP contribution in [0.1, 0.15) is 20.1 Å². The van der Waals surface area contributed by atoms with Crippen molar-refractivity contribution < 1.29 is 29.9 Å². The second-order valence-electron chi connectivity index (χ2n) is 8.00. The highest BCUT2D eigenvalue weighted by atomic mass is 35.5. The van der Waals surface area contributed by atoms with Crippen molar-refractivity contribution >= 4 is 34.3 Å². The number of para-hydroxylation sites is 1. The number of hydrogen-bond donors (Lipinski definition) is 4. The smallest absolute Gasteiger partial charge is 0.163 e. The van der Waals surface area contributed by atoms with Gasteiger partial charge in [0.2, 0.25) is 0 Å². The second-order valence-corrected chi connectivity index (χ2v) is 9.52. The summed E-state index contributed by atoms with van der Waals surface area (Å²) in [5.41, 5.74) is 0.626. The third-order valence-electron chi connectivity index (χ3n) is 5.33. The minimum Gasteiger partial charge on any atom is -0.491 e. The monoisotopic (exact) mass is 479 g/mol. The summed E-state index contributed by atoms with van der Waals surface area (Å²) in [5.74, 6) is 0.788. The molecule has 2 heterocycles. The van der Waals surface area contributed by atoms with Crippen molar-refractivity contribution in [3.05, 3.63) is 53.7 Å². The molecule has 0 saturated carbocycles. The number of nitrogens with zero attached hydrogens (tertiary/aromatic N) is 1. The summed E-state index contributed by atoms with van der Waals surface area (Å²) in [5, 5.41) is 41.8. The van der Waals surface area contributed by atoms with Crippen LogP contribution in [-0.4, -0.2) is 62.1 Å². The highest BCUT2D eigenvalue weighted by Crippen LogP contribution is 2.41. The van der Waals surface area contributed by atoms with Gasteiger partial charge in [0.1, 0.15) is 30.2 Å². The van der Waals surface area contributed by atoms with Crippen LogP contribution < -0.4 is 4.74 Å². The maximum absolute atomic E-state index is 10.6. The van der Waals surface area contributed by atoms with Crippen molar-refractivity contribution in [1.29, 1.82) is 0 Å². The highest BCUT2D eigenvalue weighted by molar-refractivity contribution is 7.99. The minimum atomic E-state index is -1.48. The first-order valence-corrected chi connectivity index (χ1v) is 11.5. The fraction of sp³-hybridized carbons (Fsp3) is 0.391. The second kappa shape index (κ2) is 9.61. The number of fused-ring (bicyclic) bond motifs is 1. The fourth-order valence-electron chi connectivity index (χ4n) is 3.82. The van der Waals surface area contributed by atoms with Crippen LogP contribution in [0.25, 0.3) is 10.9 Å². The molecular formula is C23H26ClNO6S. The molecule has 4 rings (SSSR count). The first kappa shape index (κ1) is 23.4. The molecule has 9 heteroatoms. The standard InChI is InChI=1S/C23H26ClNO6S/c1-12(2)30-13-6-8-14(9-7-13)32-18-10-25(19-15(18)4-3-5-16(19)24)23-22(29)21(28)20(27)17(11-26)31-23/h3-10,12,17,20-23,26-29H,11H2,1-2H3/t17-,20-,21+,22-,23-/m1/s1. The van der Waals surface area contributed by atoms with Crippen LogP contribution in [0.3, 0.4) is 0 Å². The summed E-state index contributed by atoms with van der Waals surface area (Å²) in [6.45, 7) is 3.45. The Morgan fingerprint density at radius 3 is 2.44 bits per heavy atom. The molecule has 0 amide bonds. The van der Waals surface area contributed by atoms with Crippen LogP contribution in [-0.2, 0) is 4.74 Å². The third-order valence-corrected chi connectivity index (χ3v) is 6.69. The number of halogens is 1. The lowest BCUT2D eigenvalue weighted by atomic mass is 9.98. The molecule has 4 N–H and O–H groups in total. The van der Waals surface area contributed by atoms with Crippen molar-refractivity contribution in [1.82, 2.24) is 4.57 Å². The van der Waals surface area contributed by atoms with Gasteiger partial charge in [-0.2, -0.15) is 0 Å². The van der Waals surface area contributed by atoms with Crippen LogP contribution >= 0.6 is 23.4 Å². The molecule has 0 radical (unpaired) electrons. The Labute approximate surface area is 195 Å². The Bertz CT molecular complexity index is 1070. The molecule has 3 aromatic rings. The van der Waals surface area contributed by atoms with E-state index in [0.717, 1.165) is 20.9 Å². The summed E-state index contributed by atoms with van der Waals surface area (Å²) in [7, 11) is 0. The molecule has 0 aliphatic carbocycles. The van der Waals surface area contributed by atoms with Crippen molar-refractivity contribution in [2.24, 2.45) is 0 Å². The van der Waals surface area contributed by atoms with Gasteiger partial charge in [0.25, 0.3) is 0 Å². The summed E-state index contributed by atoms with van der Waals surface area (Å²) in [6, 6.07) is 13.2. The van der Waals surface area contributed by atoms with Crippen LogP contribution in [0.4, 0.5) is 0 Å². The molecule has 172 valence electrons. The number of ether oxygens (including phenoxy) is 2. The summed E-state index contributed by atoms with van der Waals surface area (Å²) in [6.07, 6.45) is -4.48. The quantitative estimate of drug-likeness (QED) is 0.430.